The zero-order chi connectivity index (χ0) is 14.5. The van der Waals surface area contributed by atoms with Crippen molar-refractivity contribution < 1.29 is 9.39 Å². The lowest BCUT2D eigenvalue weighted by molar-refractivity contribution is 0.412. The lowest BCUT2D eigenvalue weighted by Gasteiger charge is -2.06. The van der Waals surface area contributed by atoms with Crippen LogP contribution < -0.4 is 9.39 Å². The Bertz CT molecular complexity index is 611. The van der Waals surface area contributed by atoms with Crippen molar-refractivity contribution in [1.29, 1.82) is 0 Å². The van der Waals surface area contributed by atoms with Gasteiger partial charge in [0, 0.05) is 6.07 Å². The minimum absolute atomic E-state index is 0.795. The summed E-state index contributed by atoms with van der Waals surface area (Å²) in [4.78, 5) is 0. The number of methoxy groups -OCH3 is 1. The average Bonchev–Trinajstić information content (AvgIpc) is 2.48. The summed E-state index contributed by atoms with van der Waals surface area (Å²) in [6.07, 6.45) is 4.16. The maximum absolute atomic E-state index is 5.27. The second-order valence-electron chi connectivity index (χ2n) is 4.82. The van der Waals surface area contributed by atoms with Gasteiger partial charge < -0.3 is 9.39 Å². The first-order valence-corrected chi connectivity index (χ1v) is 6.61. The highest BCUT2D eigenvalue weighted by Crippen LogP contribution is 2.24. The van der Waals surface area contributed by atoms with Crippen molar-refractivity contribution >= 4 is 20.2 Å². The summed E-state index contributed by atoms with van der Waals surface area (Å²) in [6, 6.07) is 12.3. The molecule has 2 aromatic carbocycles. The van der Waals surface area contributed by atoms with Gasteiger partial charge in [0.25, 0.3) is 0 Å². The fourth-order valence-electron chi connectivity index (χ4n) is 1.99. The molecule has 2 aromatic rings. The van der Waals surface area contributed by atoms with Crippen LogP contribution in [0.1, 0.15) is 22.3 Å². The molecule has 0 radical (unpaired) electrons. The highest BCUT2D eigenvalue weighted by atomic mass is 16.5. The minimum atomic E-state index is 0.795. The second kappa shape index (κ2) is 6.33. The van der Waals surface area contributed by atoms with Gasteiger partial charge in [-0.25, -0.2) is 0 Å². The Kier molecular flexibility index (Phi) is 4.51. The van der Waals surface area contributed by atoms with Crippen molar-refractivity contribution in [2.75, 3.05) is 7.11 Å². The van der Waals surface area contributed by atoms with E-state index in [2.05, 4.69) is 44.2 Å². The van der Waals surface area contributed by atoms with Gasteiger partial charge in [0.15, 0.2) is 0 Å². The third kappa shape index (κ3) is 3.44. The molecule has 2 nitrogen and oxygen atoms in total. The summed E-state index contributed by atoms with van der Waals surface area (Å²) in [7, 11) is 3.32. The molecule has 0 saturated carbocycles. The van der Waals surface area contributed by atoms with E-state index < -0.39 is 0 Å². The zero-order valence-corrected chi connectivity index (χ0v) is 12.4. The molecule has 0 aliphatic carbocycles. The van der Waals surface area contributed by atoms with Gasteiger partial charge in [-0.05, 0) is 48.2 Å². The molecular formula is C17H19BO2. The number of rotatable bonds is 4. The molecule has 0 bridgehead atoms. The van der Waals surface area contributed by atoms with Gasteiger partial charge >= 0.3 is 8.05 Å². The van der Waals surface area contributed by atoms with Crippen LogP contribution in [0, 0.1) is 13.8 Å². The maximum atomic E-state index is 5.27. The van der Waals surface area contributed by atoms with Crippen LogP contribution in [0.2, 0.25) is 0 Å². The van der Waals surface area contributed by atoms with Gasteiger partial charge in [-0.2, -0.15) is 0 Å². The van der Waals surface area contributed by atoms with Crippen LogP contribution in [0.15, 0.2) is 36.4 Å². The number of hydrogen-bond donors (Lipinski definition) is 0. The van der Waals surface area contributed by atoms with E-state index in [0.717, 1.165) is 17.1 Å². The molecular weight excluding hydrogens is 247 g/mol. The fourth-order valence-corrected chi connectivity index (χ4v) is 1.99. The van der Waals surface area contributed by atoms with Crippen molar-refractivity contribution in [1.82, 2.24) is 0 Å². The Morgan fingerprint density at radius 2 is 1.55 bits per heavy atom. The molecule has 0 amide bonds. The number of benzene rings is 2. The molecule has 0 heterocycles. The second-order valence-corrected chi connectivity index (χ2v) is 4.82. The molecule has 0 saturated heterocycles. The first-order valence-electron chi connectivity index (χ1n) is 6.61. The highest BCUT2D eigenvalue weighted by molar-refractivity contribution is 6.00. The largest absolute Gasteiger partial charge is 0.568 e. The minimum Gasteiger partial charge on any atom is -0.568 e. The monoisotopic (exact) mass is 266 g/mol. The van der Waals surface area contributed by atoms with Crippen LogP contribution in [0.25, 0.3) is 12.2 Å². The van der Waals surface area contributed by atoms with Gasteiger partial charge in [0.1, 0.15) is 11.5 Å². The summed E-state index contributed by atoms with van der Waals surface area (Å²) >= 11 is 0. The van der Waals surface area contributed by atoms with E-state index in [-0.39, 0.29) is 0 Å². The van der Waals surface area contributed by atoms with E-state index in [1.54, 1.807) is 15.2 Å². The summed E-state index contributed by atoms with van der Waals surface area (Å²) < 4.78 is 10.5. The van der Waals surface area contributed by atoms with Crippen LogP contribution in [-0.4, -0.2) is 15.2 Å². The van der Waals surface area contributed by atoms with E-state index in [1.165, 1.54) is 16.7 Å². The molecule has 102 valence electrons. The molecule has 0 aromatic heterocycles. The number of ether oxygens (including phenoxy) is 1. The molecule has 20 heavy (non-hydrogen) atoms. The van der Waals surface area contributed by atoms with Crippen molar-refractivity contribution in [2.45, 2.75) is 13.8 Å². The Hall–Kier alpha value is -2.16. The fraction of sp³-hybridized carbons (Fsp3) is 0.176. The van der Waals surface area contributed by atoms with Crippen molar-refractivity contribution in [3.63, 3.8) is 0 Å². The van der Waals surface area contributed by atoms with Crippen LogP contribution in [0.5, 0.6) is 11.5 Å². The van der Waals surface area contributed by atoms with E-state index in [0.29, 0.717) is 0 Å². The Morgan fingerprint density at radius 3 is 2.20 bits per heavy atom. The van der Waals surface area contributed by atoms with Gasteiger partial charge in [-0.1, -0.05) is 30.4 Å². The van der Waals surface area contributed by atoms with Crippen molar-refractivity contribution in [3.05, 3.63) is 58.7 Å². The number of hydrogen-bond acceptors (Lipinski definition) is 2. The normalized spacial score (nSPS) is 10.8. The number of aryl methyl sites for hydroxylation is 2. The Morgan fingerprint density at radius 1 is 0.850 bits per heavy atom. The van der Waals surface area contributed by atoms with E-state index >= 15 is 0 Å². The predicted molar refractivity (Wildman–Crippen MR) is 87.0 cm³/mol. The van der Waals surface area contributed by atoms with Gasteiger partial charge in [0.2, 0.25) is 0 Å². The molecule has 0 spiro atoms. The molecule has 3 heteroatoms. The summed E-state index contributed by atoms with van der Waals surface area (Å²) in [5.74, 6) is 1.59. The summed E-state index contributed by atoms with van der Waals surface area (Å²) in [5, 5.41) is 0. The average molecular weight is 266 g/mol. The molecule has 2 rings (SSSR count). The molecule has 0 unspecified atom stereocenters. The van der Waals surface area contributed by atoms with Gasteiger partial charge in [-0.3, -0.25) is 0 Å². The molecule has 0 aliphatic heterocycles. The third-order valence-electron chi connectivity index (χ3n) is 3.37. The highest BCUT2D eigenvalue weighted by Gasteiger charge is 1.99. The third-order valence-corrected chi connectivity index (χ3v) is 3.37. The SMILES string of the molecule is BOc1cc(/C=C/c2ccc(C)c(C)c2)cc(OC)c1. The smallest absolute Gasteiger partial charge is 0.322 e. The molecule has 0 aliphatic rings. The molecule has 0 N–H and O–H groups in total. The quantitative estimate of drug-likeness (QED) is 0.623. The van der Waals surface area contributed by atoms with Gasteiger partial charge in [-0.15, -0.1) is 0 Å². The van der Waals surface area contributed by atoms with Crippen LogP contribution in [0.3, 0.4) is 0 Å². The lowest BCUT2D eigenvalue weighted by Crippen LogP contribution is -1.89. The van der Waals surface area contributed by atoms with E-state index in [1.807, 2.05) is 18.2 Å². The van der Waals surface area contributed by atoms with E-state index in [9.17, 15) is 0 Å². The lowest BCUT2D eigenvalue weighted by atomic mass is 10.1. The van der Waals surface area contributed by atoms with Crippen molar-refractivity contribution in [3.8, 4) is 11.5 Å². The Labute approximate surface area is 121 Å². The summed E-state index contributed by atoms with van der Waals surface area (Å²) in [6.45, 7) is 4.25. The van der Waals surface area contributed by atoms with E-state index in [4.69, 9.17) is 9.39 Å². The van der Waals surface area contributed by atoms with Crippen LogP contribution in [0.4, 0.5) is 0 Å². The molecule has 0 atom stereocenters. The van der Waals surface area contributed by atoms with Crippen LogP contribution >= 0.6 is 0 Å². The van der Waals surface area contributed by atoms with Gasteiger partial charge in [0.05, 0.1) is 7.11 Å². The first-order chi connectivity index (χ1) is 9.62. The predicted octanol–water partition coefficient (Wildman–Crippen LogP) is 3.41. The standard InChI is InChI=1S/C17H19BO2/c1-12-4-5-14(8-13(12)2)6-7-15-9-16(19-3)11-17(10-15)20-18/h4-11H,18H2,1-3H3/b7-6+. The van der Waals surface area contributed by atoms with Crippen LogP contribution in [-0.2, 0) is 0 Å². The van der Waals surface area contributed by atoms with Crippen molar-refractivity contribution in [2.24, 2.45) is 0 Å². The Balaban J connectivity index is 2.28. The zero-order valence-electron chi connectivity index (χ0n) is 12.4. The molecule has 0 fully saturated rings. The summed E-state index contributed by atoms with van der Waals surface area (Å²) in [5.41, 5.74) is 4.86. The first kappa shape index (κ1) is 14.3. The maximum Gasteiger partial charge on any atom is 0.322 e. The topological polar surface area (TPSA) is 18.5 Å².